The molecule has 0 rings (SSSR count). The van der Waals surface area contributed by atoms with Gasteiger partial charge in [-0.1, -0.05) is 0 Å². The van der Waals surface area contributed by atoms with Gasteiger partial charge >= 0.3 is 37.7 Å². The number of hydrogen-bond donors (Lipinski definition) is 6. The predicted molar refractivity (Wildman–Crippen MR) is 38.1 cm³/mol. The first-order chi connectivity index (χ1) is 0. The van der Waals surface area contributed by atoms with E-state index in [2.05, 4.69) is 0 Å². The fraction of sp³-hybridized carbons (Fsp3) is 0. The second kappa shape index (κ2) is 245. The summed E-state index contributed by atoms with van der Waals surface area (Å²) in [6.45, 7) is 0. The molecule has 0 bridgehead atoms. The van der Waals surface area contributed by atoms with Crippen molar-refractivity contribution in [2.24, 2.45) is 0 Å². The van der Waals surface area contributed by atoms with Crippen LogP contribution in [0.5, 0.6) is 0 Å². The third-order valence-electron chi connectivity index (χ3n) is 0. The Morgan fingerprint density at radius 2 is 0.429 bits per heavy atom. The van der Waals surface area contributed by atoms with Crippen LogP contribution in [0.1, 0.15) is 2.85 Å². The summed E-state index contributed by atoms with van der Waals surface area (Å²) in [6, 6.07) is 0. The van der Waals surface area contributed by atoms with Gasteiger partial charge in [0, 0.05) is 0 Å². The summed E-state index contributed by atoms with van der Waals surface area (Å²) < 4.78 is 0. The Labute approximate surface area is 77.3 Å². The van der Waals surface area contributed by atoms with Crippen molar-refractivity contribution in [1.29, 1.82) is 0 Å². The van der Waals surface area contributed by atoms with Crippen molar-refractivity contribution in [3.63, 3.8) is 0 Å². The zero-order chi connectivity index (χ0) is 0. The third kappa shape index (κ3) is 170. The van der Waals surface area contributed by atoms with E-state index >= 15 is 0 Å². The monoisotopic (exact) mass is 144 g/mol. The maximum absolute atomic E-state index is 0. The fourth-order valence-corrected chi connectivity index (χ4v) is 0. The topological polar surface area (TPSA) is 210 Å². The number of hydrogen-bond acceptors (Lipinski definition) is 6. The molecule has 0 aliphatic rings. The molecular formula is H20CaN6. The molecule has 0 heterocycles. The van der Waals surface area contributed by atoms with Gasteiger partial charge in [-0.15, -0.1) is 0 Å². The van der Waals surface area contributed by atoms with Crippen LogP contribution in [-0.2, 0) is 0 Å². The molecule has 0 aromatic heterocycles. The average molecular weight is 144 g/mol. The van der Waals surface area contributed by atoms with E-state index in [-0.39, 0.29) is 77.5 Å². The summed E-state index contributed by atoms with van der Waals surface area (Å²) in [7, 11) is 0. The molecular weight excluding hydrogens is 124 g/mol. The molecule has 0 saturated carbocycles. The summed E-state index contributed by atoms with van der Waals surface area (Å²) in [4.78, 5) is 0. The van der Waals surface area contributed by atoms with E-state index in [1.54, 1.807) is 0 Å². The second-order valence-corrected chi connectivity index (χ2v) is 0. The molecule has 7 heteroatoms. The first kappa shape index (κ1) is 380. The Balaban J connectivity index is 0. The minimum atomic E-state index is 0. The predicted octanol–water partition coefficient (Wildman–Crippen LogP) is 0.816. The first-order valence-electron chi connectivity index (χ1n) is 0. The summed E-state index contributed by atoms with van der Waals surface area (Å²) in [6.07, 6.45) is 0. The molecule has 0 saturated heterocycles. The van der Waals surface area contributed by atoms with Gasteiger partial charge in [-0.2, -0.15) is 0 Å². The minimum absolute atomic E-state index is 0. The van der Waals surface area contributed by atoms with E-state index in [0.717, 1.165) is 0 Å². The van der Waals surface area contributed by atoms with E-state index in [4.69, 9.17) is 0 Å². The Hall–Kier alpha value is 1.02. The van der Waals surface area contributed by atoms with Crippen molar-refractivity contribution in [2.45, 2.75) is 0 Å². The van der Waals surface area contributed by atoms with Crippen LogP contribution < -0.4 is 36.9 Å². The van der Waals surface area contributed by atoms with Crippen LogP contribution in [0.3, 0.4) is 0 Å². The number of rotatable bonds is 0. The van der Waals surface area contributed by atoms with Crippen molar-refractivity contribution in [2.75, 3.05) is 0 Å². The van der Waals surface area contributed by atoms with E-state index in [9.17, 15) is 0 Å². The van der Waals surface area contributed by atoms with E-state index in [0.29, 0.717) is 0 Å². The van der Waals surface area contributed by atoms with Crippen molar-refractivity contribution in [3.05, 3.63) is 0 Å². The van der Waals surface area contributed by atoms with Gasteiger partial charge in [0.1, 0.15) is 0 Å². The van der Waals surface area contributed by atoms with E-state index in [1.165, 1.54) is 0 Å². The van der Waals surface area contributed by atoms with Crippen LogP contribution in [0.2, 0.25) is 0 Å². The first-order valence-corrected chi connectivity index (χ1v) is 0. The molecule has 0 amide bonds. The zero-order valence-corrected chi connectivity index (χ0v) is 7.16. The van der Waals surface area contributed by atoms with Gasteiger partial charge in [0.2, 0.25) is 0 Å². The van der Waals surface area contributed by atoms with Gasteiger partial charge in [-0.05, 0) is 0 Å². The van der Waals surface area contributed by atoms with Crippen molar-refractivity contribution in [1.82, 2.24) is 36.9 Å². The minimum Gasteiger partial charge on any atom is -1.00 e. The van der Waals surface area contributed by atoms with Gasteiger partial charge in [-0.3, -0.25) is 0 Å². The summed E-state index contributed by atoms with van der Waals surface area (Å²) in [5, 5.41) is 0. The van der Waals surface area contributed by atoms with E-state index in [1.807, 2.05) is 0 Å². The van der Waals surface area contributed by atoms with Crippen LogP contribution >= 0.6 is 0 Å². The summed E-state index contributed by atoms with van der Waals surface area (Å²) >= 11 is 0. The molecule has 6 nitrogen and oxygen atoms in total. The Morgan fingerprint density at radius 1 is 0.429 bits per heavy atom. The molecule has 0 radical (unpaired) electrons. The maximum Gasteiger partial charge on any atom is 2.00 e. The summed E-state index contributed by atoms with van der Waals surface area (Å²) in [5.74, 6) is 0. The van der Waals surface area contributed by atoms with Gasteiger partial charge < -0.3 is 39.8 Å². The Bertz CT molecular complexity index is 11.0. The van der Waals surface area contributed by atoms with Crippen LogP contribution in [0.25, 0.3) is 0 Å². The fourth-order valence-electron chi connectivity index (χ4n) is 0. The van der Waals surface area contributed by atoms with Crippen LogP contribution in [-0.4, -0.2) is 37.7 Å². The molecule has 18 N–H and O–H groups in total. The van der Waals surface area contributed by atoms with Crippen LogP contribution in [0.4, 0.5) is 0 Å². The Morgan fingerprint density at radius 3 is 0.429 bits per heavy atom. The average Bonchev–Trinajstić information content (AvgIpc) is 0. The quantitative estimate of drug-likeness (QED) is 0.270. The molecule has 0 aliphatic heterocycles. The second-order valence-electron chi connectivity index (χ2n) is 0. The largest absolute Gasteiger partial charge is 2.00 e. The summed E-state index contributed by atoms with van der Waals surface area (Å²) in [5.41, 5.74) is 0. The van der Waals surface area contributed by atoms with Crippen LogP contribution in [0, 0.1) is 0 Å². The normalized spacial score (nSPS) is 0. The van der Waals surface area contributed by atoms with Gasteiger partial charge in [0.15, 0.2) is 0 Å². The molecule has 0 aromatic carbocycles. The van der Waals surface area contributed by atoms with Crippen molar-refractivity contribution >= 4 is 37.7 Å². The van der Waals surface area contributed by atoms with Crippen molar-refractivity contribution < 1.29 is 2.85 Å². The SMILES string of the molecule is N.N.N.N.N.N.[Ca+2].[H-].[H-]. The molecule has 0 unspecified atom stereocenters. The molecule has 0 aliphatic carbocycles. The zero-order valence-electron chi connectivity index (χ0n) is 6.95. The molecule has 0 spiro atoms. The Kier molecular flexibility index (Phi) is 13300. The molecule has 0 fully saturated rings. The van der Waals surface area contributed by atoms with Gasteiger partial charge in [0.05, 0.1) is 0 Å². The standard InChI is InChI=1S/Ca.6H3N.2H/h;6*1H3;;/q+2;;;;;;;2*-1. The van der Waals surface area contributed by atoms with Gasteiger partial charge in [0.25, 0.3) is 0 Å². The van der Waals surface area contributed by atoms with Gasteiger partial charge in [-0.25, -0.2) is 0 Å². The van der Waals surface area contributed by atoms with E-state index < -0.39 is 0 Å². The molecule has 52 valence electrons. The molecule has 0 aromatic rings. The van der Waals surface area contributed by atoms with Crippen LogP contribution in [0.15, 0.2) is 0 Å². The van der Waals surface area contributed by atoms with Crippen molar-refractivity contribution in [3.8, 4) is 0 Å². The molecule has 0 atom stereocenters. The smallest absolute Gasteiger partial charge is 1.00 e. The third-order valence-corrected chi connectivity index (χ3v) is 0. The maximum atomic E-state index is 0. The molecule has 7 heavy (non-hydrogen) atoms.